The molecule has 10 nitrogen and oxygen atoms in total. The van der Waals surface area contributed by atoms with Crippen molar-refractivity contribution in [2.24, 2.45) is 5.92 Å². The van der Waals surface area contributed by atoms with Crippen LogP contribution in [0.25, 0.3) is 5.95 Å². The number of hydrogen-bond donors (Lipinski definition) is 1. The molecule has 0 spiro atoms. The van der Waals surface area contributed by atoms with Crippen molar-refractivity contribution in [1.82, 2.24) is 29.7 Å². The number of anilines is 2. The Morgan fingerprint density at radius 1 is 1.36 bits per heavy atom. The van der Waals surface area contributed by atoms with Crippen molar-refractivity contribution >= 4 is 29.6 Å². The van der Waals surface area contributed by atoms with Gasteiger partial charge in [0.2, 0.25) is 17.1 Å². The average molecular weight is 366 g/mol. The summed E-state index contributed by atoms with van der Waals surface area (Å²) >= 11 is 1.18. The first-order chi connectivity index (χ1) is 11.9. The van der Waals surface area contributed by atoms with Crippen LogP contribution in [0.5, 0.6) is 0 Å². The monoisotopic (exact) mass is 366 g/mol. The molecule has 2 aromatic rings. The second-order valence-corrected chi connectivity index (χ2v) is 6.71. The predicted octanol–water partition coefficient (Wildman–Crippen LogP) is 0.851. The van der Waals surface area contributed by atoms with Gasteiger partial charge in [-0.3, -0.25) is 4.79 Å². The van der Waals surface area contributed by atoms with E-state index in [1.165, 1.54) is 29.9 Å². The van der Waals surface area contributed by atoms with Gasteiger partial charge in [0.1, 0.15) is 6.33 Å². The van der Waals surface area contributed by atoms with Gasteiger partial charge < -0.3 is 15.0 Å². The summed E-state index contributed by atoms with van der Waals surface area (Å²) in [6.45, 7) is 4.95. The molecule has 0 atom stereocenters. The third kappa shape index (κ3) is 5.55. The van der Waals surface area contributed by atoms with Crippen LogP contribution in [0.3, 0.4) is 0 Å². The van der Waals surface area contributed by atoms with Crippen LogP contribution in [0.4, 0.5) is 11.9 Å². The first-order valence-corrected chi connectivity index (χ1v) is 8.66. The highest BCUT2D eigenvalue weighted by Crippen LogP contribution is 2.15. The van der Waals surface area contributed by atoms with Gasteiger partial charge in [-0.15, -0.1) is 5.10 Å². The highest BCUT2D eigenvalue weighted by atomic mass is 32.2. The largest absolute Gasteiger partial charge is 0.468 e. The zero-order chi connectivity index (χ0) is 18.4. The van der Waals surface area contributed by atoms with E-state index in [9.17, 15) is 4.79 Å². The highest BCUT2D eigenvalue weighted by Gasteiger charge is 2.13. The van der Waals surface area contributed by atoms with Crippen LogP contribution in [0.2, 0.25) is 0 Å². The molecule has 0 aliphatic carbocycles. The van der Waals surface area contributed by atoms with E-state index in [4.69, 9.17) is 0 Å². The molecular weight excluding hydrogens is 344 g/mol. The van der Waals surface area contributed by atoms with Crippen LogP contribution < -0.4 is 10.2 Å². The molecule has 0 bridgehead atoms. The standard InChI is InChI=1S/C14H22N8O2S/c1-9(2)6-15-11-17-12(21(3)4)19-13(18-11)22-8-16-14(20-22)25-7-10(23)24-5/h8-9H,6-7H2,1-5H3,(H,15,17,18,19). The van der Waals surface area contributed by atoms with Gasteiger partial charge in [-0.2, -0.15) is 19.6 Å². The first kappa shape index (κ1) is 18.9. The second-order valence-electron chi connectivity index (χ2n) is 5.76. The lowest BCUT2D eigenvalue weighted by Gasteiger charge is -2.13. The number of methoxy groups -OCH3 is 1. The number of ether oxygens (including phenoxy) is 1. The van der Waals surface area contributed by atoms with Gasteiger partial charge in [-0.25, -0.2) is 4.98 Å². The van der Waals surface area contributed by atoms with Crippen LogP contribution in [-0.4, -0.2) is 69.2 Å². The number of aromatic nitrogens is 6. The number of esters is 1. The number of carbonyl (C=O) groups excluding carboxylic acids is 1. The summed E-state index contributed by atoms with van der Waals surface area (Å²) in [5, 5.41) is 7.91. The van der Waals surface area contributed by atoms with Crippen LogP contribution in [-0.2, 0) is 9.53 Å². The minimum absolute atomic E-state index is 0.141. The summed E-state index contributed by atoms with van der Waals surface area (Å²) in [6, 6.07) is 0. The molecule has 0 fully saturated rings. The zero-order valence-corrected chi connectivity index (χ0v) is 15.7. The van der Waals surface area contributed by atoms with Crippen molar-refractivity contribution in [1.29, 1.82) is 0 Å². The molecule has 0 aliphatic rings. The van der Waals surface area contributed by atoms with Gasteiger partial charge in [0.25, 0.3) is 5.95 Å². The van der Waals surface area contributed by atoms with E-state index in [0.29, 0.717) is 28.9 Å². The maximum absolute atomic E-state index is 11.2. The third-order valence-electron chi connectivity index (χ3n) is 2.90. The summed E-state index contributed by atoms with van der Waals surface area (Å²) in [5.41, 5.74) is 0. The minimum Gasteiger partial charge on any atom is -0.468 e. The van der Waals surface area contributed by atoms with E-state index in [0.717, 1.165) is 6.54 Å². The number of nitrogens with zero attached hydrogens (tertiary/aromatic N) is 7. The molecule has 25 heavy (non-hydrogen) atoms. The Morgan fingerprint density at radius 2 is 2.12 bits per heavy atom. The molecule has 1 N–H and O–H groups in total. The van der Waals surface area contributed by atoms with E-state index in [1.54, 1.807) is 4.90 Å². The number of thioether (sulfide) groups is 1. The molecule has 136 valence electrons. The van der Waals surface area contributed by atoms with E-state index >= 15 is 0 Å². The van der Waals surface area contributed by atoms with E-state index in [1.807, 2.05) is 14.1 Å². The average Bonchev–Trinajstić information content (AvgIpc) is 3.06. The molecule has 0 aromatic carbocycles. The van der Waals surface area contributed by atoms with Gasteiger partial charge in [0.05, 0.1) is 12.9 Å². The molecule has 0 saturated heterocycles. The fourth-order valence-corrected chi connectivity index (χ4v) is 2.26. The summed E-state index contributed by atoms with van der Waals surface area (Å²) in [7, 11) is 5.04. The third-order valence-corrected chi connectivity index (χ3v) is 3.73. The smallest absolute Gasteiger partial charge is 0.316 e. The van der Waals surface area contributed by atoms with E-state index in [-0.39, 0.29) is 11.7 Å². The number of nitrogens with one attached hydrogen (secondary N) is 1. The Bertz CT molecular complexity index is 719. The van der Waals surface area contributed by atoms with Crippen molar-refractivity contribution in [3.05, 3.63) is 6.33 Å². The zero-order valence-electron chi connectivity index (χ0n) is 14.9. The van der Waals surface area contributed by atoms with Gasteiger partial charge in [0.15, 0.2) is 0 Å². The molecule has 0 saturated carbocycles. The number of carbonyl (C=O) groups is 1. The second kappa shape index (κ2) is 8.60. The van der Waals surface area contributed by atoms with Gasteiger partial charge in [0, 0.05) is 20.6 Å². The van der Waals surface area contributed by atoms with Gasteiger partial charge >= 0.3 is 5.97 Å². The fourth-order valence-electron chi connectivity index (χ4n) is 1.62. The summed E-state index contributed by atoms with van der Waals surface area (Å²) in [4.78, 5) is 30.3. The van der Waals surface area contributed by atoms with E-state index in [2.05, 4.69) is 48.9 Å². The lowest BCUT2D eigenvalue weighted by molar-refractivity contribution is -0.137. The molecule has 0 unspecified atom stereocenters. The van der Waals surface area contributed by atoms with Crippen LogP contribution >= 0.6 is 11.8 Å². The molecule has 0 radical (unpaired) electrons. The lowest BCUT2D eigenvalue weighted by atomic mass is 10.2. The summed E-state index contributed by atoms with van der Waals surface area (Å²) in [5.74, 6) is 1.59. The van der Waals surface area contributed by atoms with Gasteiger partial charge in [-0.1, -0.05) is 25.6 Å². The Labute approximate surface area is 150 Å². The molecule has 2 rings (SSSR count). The summed E-state index contributed by atoms with van der Waals surface area (Å²) < 4.78 is 6.05. The maximum Gasteiger partial charge on any atom is 0.316 e. The molecule has 2 heterocycles. The lowest BCUT2D eigenvalue weighted by Crippen LogP contribution is -2.19. The Balaban J connectivity index is 2.22. The van der Waals surface area contributed by atoms with Crippen molar-refractivity contribution in [2.45, 2.75) is 19.0 Å². The highest BCUT2D eigenvalue weighted by molar-refractivity contribution is 7.99. The molecular formula is C14H22N8O2S. The topological polar surface area (TPSA) is 111 Å². The molecule has 11 heteroatoms. The number of rotatable bonds is 8. The van der Waals surface area contributed by atoms with Crippen molar-refractivity contribution in [3.8, 4) is 5.95 Å². The van der Waals surface area contributed by atoms with Crippen molar-refractivity contribution in [3.63, 3.8) is 0 Å². The normalized spacial score (nSPS) is 10.8. The van der Waals surface area contributed by atoms with Crippen LogP contribution in [0, 0.1) is 5.92 Å². The maximum atomic E-state index is 11.2. The fraction of sp³-hybridized carbons (Fsp3) is 0.571. The minimum atomic E-state index is -0.337. The van der Waals surface area contributed by atoms with Crippen molar-refractivity contribution in [2.75, 3.05) is 43.7 Å². The Hall–Kier alpha value is -2.43. The summed E-state index contributed by atoms with van der Waals surface area (Å²) in [6.07, 6.45) is 1.50. The van der Waals surface area contributed by atoms with Crippen LogP contribution in [0.1, 0.15) is 13.8 Å². The number of hydrogen-bond acceptors (Lipinski definition) is 10. The molecule has 0 amide bonds. The van der Waals surface area contributed by atoms with Gasteiger partial charge in [-0.05, 0) is 5.92 Å². The Morgan fingerprint density at radius 3 is 2.76 bits per heavy atom. The van der Waals surface area contributed by atoms with E-state index < -0.39 is 0 Å². The Kier molecular flexibility index (Phi) is 6.51. The predicted molar refractivity (Wildman–Crippen MR) is 95.1 cm³/mol. The van der Waals surface area contributed by atoms with Crippen LogP contribution in [0.15, 0.2) is 11.5 Å². The first-order valence-electron chi connectivity index (χ1n) is 7.68. The van der Waals surface area contributed by atoms with Crippen molar-refractivity contribution < 1.29 is 9.53 Å². The molecule has 0 aliphatic heterocycles. The SMILES string of the molecule is COC(=O)CSc1ncn(-c2nc(NCC(C)C)nc(N(C)C)n2)n1. The quantitative estimate of drug-likeness (QED) is 0.533. The molecule has 2 aromatic heterocycles.